The maximum absolute atomic E-state index is 3.63. The van der Waals surface area contributed by atoms with Crippen LogP contribution in [0.4, 0.5) is 0 Å². The minimum Gasteiger partial charge on any atom is -0.314 e. The smallest absolute Gasteiger partial charge is 0.0110 e. The summed E-state index contributed by atoms with van der Waals surface area (Å²) in [6.45, 7) is 18.1. The molecule has 3 nitrogen and oxygen atoms in total. The van der Waals surface area contributed by atoms with Gasteiger partial charge >= 0.3 is 0 Å². The summed E-state index contributed by atoms with van der Waals surface area (Å²) in [6, 6.07) is 0.594. The lowest BCUT2D eigenvalue weighted by Crippen LogP contribution is -2.51. The fourth-order valence-corrected chi connectivity index (χ4v) is 3.08. The topological polar surface area (TPSA) is 18.5 Å². The van der Waals surface area contributed by atoms with Crippen molar-refractivity contribution in [1.82, 2.24) is 15.1 Å². The van der Waals surface area contributed by atoms with Gasteiger partial charge in [0.25, 0.3) is 0 Å². The Kier molecular flexibility index (Phi) is 5.88. The second kappa shape index (κ2) is 7.24. The van der Waals surface area contributed by atoms with Crippen LogP contribution in [0.2, 0.25) is 0 Å². The molecule has 1 aliphatic heterocycles. The lowest BCUT2D eigenvalue weighted by Gasteiger charge is -2.40. The zero-order valence-corrected chi connectivity index (χ0v) is 14.1. The highest BCUT2D eigenvalue weighted by molar-refractivity contribution is 4.85. The first kappa shape index (κ1) is 16.3. The van der Waals surface area contributed by atoms with Crippen LogP contribution in [0.15, 0.2) is 0 Å². The average Bonchev–Trinajstić information content (AvgIpc) is 3.23. The van der Waals surface area contributed by atoms with Crippen LogP contribution in [-0.2, 0) is 0 Å². The molecule has 1 saturated heterocycles. The van der Waals surface area contributed by atoms with Gasteiger partial charge < -0.3 is 15.1 Å². The molecule has 0 spiro atoms. The second-order valence-corrected chi connectivity index (χ2v) is 7.72. The molecule has 0 amide bonds. The first-order chi connectivity index (χ1) is 9.50. The van der Waals surface area contributed by atoms with Crippen LogP contribution in [0.25, 0.3) is 0 Å². The second-order valence-electron chi connectivity index (χ2n) is 7.72. The quantitative estimate of drug-likeness (QED) is 0.737. The molecule has 0 aromatic carbocycles. The predicted octanol–water partition coefficient (Wildman–Crippen LogP) is 2.43. The lowest BCUT2D eigenvalue weighted by atomic mass is 9.86. The van der Waals surface area contributed by atoms with E-state index in [1.54, 1.807) is 0 Å². The van der Waals surface area contributed by atoms with E-state index in [1.165, 1.54) is 58.5 Å². The molecular formula is C17H35N3. The molecule has 2 rings (SSSR count). The van der Waals surface area contributed by atoms with Crippen LogP contribution in [-0.4, -0.2) is 61.7 Å². The van der Waals surface area contributed by atoms with Crippen molar-refractivity contribution in [2.75, 3.05) is 45.8 Å². The third-order valence-corrected chi connectivity index (χ3v) is 5.07. The molecule has 118 valence electrons. The van der Waals surface area contributed by atoms with Crippen LogP contribution >= 0.6 is 0 Å². The Balaban J connectivity index is 1.71. The molecule has 20 heavy (non-hydrogen) atoms. The molecule has 1 heterocycles. The molecule has 1 unspecified atom stereocenters. The maximum Gasteiger partial charge on any atom is 0.0110 e. The molecule has 0 aromatic rings. The van der Waals surface area contributed by atoms with Gasteiger partial charge in [0.15, 0.2) is 0 Å². The largest absolute Gasteiger partial charge is 0.314 e. The number of nitrogens with one attached hydrogen (secondary N) is 1. The van der Waals surface area contributed by atoms with Gasteiger partial charge in [-0.2, -0.15) is 0 Å². The van der Waals surface area contributed by atoms with Crippen molar-refractivity contribution in [2.45, 2.75) is 53.0 Å². The molecule has 0 radical (unpaired) electrons. The minimum absolute atomic E-state index is 0.420. The Morgan fingerprint density at radius 1 is 1.10 bits per heavy atom. The molecule has 0 aromatic heterocycles. The molecule has 1 aliphatic carbocycles. The maximum atomic E-state index is 3.63. The lowest BCUT2D eigenvalue weighted by molar-refractivity contribution is 0.0851. The van der Waals surface area contributed by atoms with Crippen LogP contribution in [0, 0.1) is 11.3 Å². The zero-order chi connectivity index (χ0) is 14.6. The summed E-state index contributed by atoms with van der Waals surface area (Å²) in [5, 5.41) is 3.63. The van der Waals surface area contributed by atoms with Crippen LogP contribution in [0.5, 0.6) is 0 Å². The highest BCUT2D eigenvalue weighted by atomic mass is 15.3. The summed E-state index contributed by atoms with van der Waals surface area (Å²) < 4.78 is 0. The molecule has 3 heteroatoms. The predicted molar refractivity (Wildman–Crippen MR) is 87.1 cm³/mol. The van der Waals surface area contributed by atoms with Gasteiger partial charge in [0.1, 0.15) is 0 Å². The summed E-state index contributed by atoms with van der Waals surface area (Å²) in [5.41, 5.74) is 0.420. The Bertz CT molecular complexity index is 280. The van der Waals surface area contributed by atoms with Gasteiger partial charge in [0.05, 0.1) is 0 Å². The van der Waals surface area contributed by atoms with E-state index in [0.29, 0.717) is 11.5 Å². The van der Waals surface area contributed by atoms with E-state index >= 15 is 0 Å². The van der Waals surface area contributed by atoms with E-state index in [0.717, 1.165) is 12.5 Å². The van der Waals surface area contributed by atoms with E-state index in [-0.39, 0.29) is 0 Å². The first-order valence-corrected chi connectivity index (χ1v) is 8.69. The SMILES string of the molecule is CCC(C)(CNC(C)C)CN1CCN(CC2CC2)CC1. The summed E-state index contributed by atoms with van der Waals surface area (Å²) >= 11 is 0. The molecule has 1 saturated carbocycles. The summed E-state index contributed by atoms with van der Waals surface area (Å²) in [5.74, 6) is 1.04. The van der Waals surface area contributed by atoms with Crippen molar-refractivity contribution in [1.29, 1.82) is 0 Å². The standard InChI is InChI=1S/C17H35N3/c1-5-17(4,13-18-15(2)3)14-20-10-8-19(9-11-20)12-16-6-7-16/h15-16,18H,5-14H2,1-4H3. The molecule has 2 aliphatic rings. The van der Waals surface area contributed by atoms with Crippen molar-refractivity contribution in [3.05, 3.63) is 0 Å². The first-order valence-electron chi connectivity index (χ1n) is 8.69. The molecule has 1 atom stereocenters. The summed E-state index contributed by atoms with van der Waals surface area (Å²) in [6.07, 6.45) is 4.22. The summed E-state index contributed by atoms with van der Waals surface area (Å²) in [7, 11) is 0. The summed E-state index contributed by atoms with van der Waals surface area (Å²) in [4.78, 5) is 5.37. The van der Waals surface area contributed by atoms with E-state index in [2.05, 4.69) is 42.8 Å². The molecule has 2 fully saturated rings. The number of hydrogen-bond acceptors (Lipinski definition) is 3. The van der Waals surface area contributed by atoms with E-state index in [1.807, 2.05) is 0 Å². The van der Waals surface area contributed by atoms with E-state index in [9.17, 15) is 0 Å². The molecule has 1 N–H and O–H groups in total. The van der Waals surface area contributed by atoms with Crippen molar-refractivity contribution in [3.8, 4) is 0 Å². The van der Waals surface area contributed by atoms with E-state index < -0.39 is 0 Å². The Labute approximate surface area is 126 Å². The molecular weight excluding hydrogens is 246 g/mol. The third-order valence-electron chi connectivity index (χ3n) is 5.07. The average molecular weight is 281 g/mol. The monoisotopic (exact) mass is 281 g/mol. The Hall–Kier alpha value is -0.120. The number of rotatable bonds is 8. The van der Waals surface area contributed by atoms with Crippen molar-refractivity contribution < 1.29 is 0 Å². The van der Waals surface area contributed by atoms with Crippen molar-refractivity contribution in [2.24, 2.45) is 11.3 Å². The van der Waals surface area contributed by atoms with Crippen LogP contribution in [0.3, 0.4) is 0 Å². The van der Waals surface area contributed by atoms with Gasteiger partial charge in [-0.15, -0.1) is 0 Å². The highest BCUT2D eigenvalue weighted by Gasteiger charge is 2.29. The fourth-order valence-electron chi connectivity index (χ4n) is 3.08. The Morgan fingerprint density at radius 3 is 2.20 bits per heavy atom. The van der Waals surface area contributed by atoms with Gasteiger partial charge in [0, 0.05) is 51.9 Å². The van der Waals surface area contributed by atoms with Gasteiger partial charge in [-0.1, -0.05) is 27.7 Å². The highest BCUT2D eigenvalue weighted by Crippen LogP contribution is 2.30. The number of piperazine rings is 1. The van der Waals surface area contributed by atoms with Gasteiger partial charge in [0.2, 0.25) is 0 Å². The van der Waals surface area contributed by atoms with Crippen molar-refractivity contribution in [3.63, 3.8) is 0 Å². The fraction of sp³-hybridized carbons (Fsp3) is 1.00. The zero-order valence-electron chi connectivity index (χ0n) is 14.1. The Morgan fingerprint density at radius 2 is 1.70 bits per heavy atom. The molecule has 0 bridgehead atoms. The number of hydrogen-bond donors (Lipinski definition) is 1. The van der Waals surface area contributed by atoms with E-state index in [4.69, 9.17) is 0 Å². The minimum atomic E-state index is 0.420. The normalized spacial score (nSPS) is 25.1. The van der Waals surface area contributed by atoms with Gasteiger partial charge in [-0.05, 0) is 30.6 Å². The van der Waals surface area contributed by atoms with Gasteiger partial charge in [-0.3, -0.25) is 0 Å². The third kappa shape index (κ3) is 5.34. The van der Waals surface area contributed by atoms with Gasteiger partial charge in [-0.25, -0.2) is 0 Å². The van der Waals surface area contributed by atoms with Crippen molar-refractivity contribution >= 4 is 0 Å². The number of nitrogens with zero attached hydrogens (tertiary/aromatic N) is 2. The van der Waals surface area contributed by atoms with Crippen LogP contribution < -0.4 is 5.32 Å². The van der Waals surface area contributed by atoms with Crippen LogP contribution in [0.1, 0.15) is 47.0 Å².